The maximum Gasteiger partial charge on any atom is 0.299 e. The first-order valence-corrected chi connectivity index (χ1v) is 9.24. The van der Waals surface area contributed by atoms with Crippen LogP contribution in [0.25, 0.3) is 0 Å². The van der Waals surface area contributed by atoms with Gasteiger partial charge in [0.05, 0.1) is 21.3 Å². The number of carbonyl (C=O) groups is 1. The number of nitrogens with zero attached hydrogens (tertiary/aromatic N) is 4. The number of nitro groups is 2. The predicted octanol–water partition coefficient (Wildman–Crippen LogP) is 3.13. The summed E-state index contributed by atoms with van der Waals surface area (Å²) in [5.74, 6) is 0.00143. The fourth-order valence-electron chi connectivity index (χ4n) is 3.56. The fraction of sp³-hybridized carbons (Fsp3) is 0.350. The second-order valence-electron chi connectivity index (χ2n) is 7.46. The number of amides is 1. The highest BCUT2D eigenvalue weighted by Gasteiger charge is 2.36. The van der Waals surface area contributed by atoms with Gasteiger partial charge in [0.2, 0.25) is 5.91 Å². The molecule has 0 saturated carbocycles. The lowest BCUT2D eigenvalue weighted by Gasteiger charge is -2.39. The van der Waals surface area contributed by atoms with Gasteiger partial charge in [0.15, 0.2) is 0 Å². The molecule has 3 rings (SSSR count). The molecule has 1 aliphatic heterocycles. The molecule has 29 heavy (non-hydrogen) atoms. The van der Waals surface area contributed by atoms with Gasteiger partial charge in [-0.25, -0.2) is 0 Å². The van der Waals surface area contributed by atoms with Gasteiger partial charge < -0.3 is 9.80 Å². The first kappa shape index (κ1) is 20.2. The Balaban J connectivity index is 1.75. The summed E-state index contributed by atoms with van der Waals surface area (Å²) in [6.45, 7) is 5.44. The largest absolute Gasteiger partial charge is 0.362 e. The van der Waals surface area contributed by atoms with Crippen molar-refractivity contribution < 1.29 is 14.6 Å². The summed E-state index contributed by atoms with van der Waals surface area (Å²) < 4.78 is 0. The van der Waals surface area contributed by atoms with E-state index in [0.29, 0.717) is 31.9 Å². The van der Waals surface area contributed by atoms with Crippen LogP contribution in [0, 0.1) is 20.2 Å². The van der Waals surface area contributed by atoms with Gasteiger partial charge in [-0.1, -0.05) is 30.3 Å². The number of non-ortho nitro benzene ring substituents is 1. The molecule has 0 unspecified atom stereocenters. The molecule has 9 nitrogen and oxygen atoms in total. The van der Waals surface area contributed by atoms with Crippen molar-refractivity contribution in [3.8, 4) is 0 Å². The molecule has 1 amide bonds. The molecule has 1 saturated heterocycles. The summed E-state index contributed by atoms with van der Waals surface area (Å²) >= 11 is 0. The van der Waals surface area contributed by atoms with Crippen molar-refractivity contribution in [3.05, 3.63) is 74.3 Å². The van der Waals surface area contributed by atoms with E-state index < -0.39 is 15.3 Å². The van der Waals surface area contributed by atoms with Crippen LogP contribution in [0.2, 0.25) is 0 Å². The molecule has 9 heteroatoms. The molecule has 1 fully saturated rings. The van der Waals surface area contributed by atoms with E-state index in [2.05, 4.69) is 0 Å². The fourth-order valence-corrected chi connectivity index (χ4v) is 3.56. The van der Waals surface area contributed by atoms with Gasteiger partial charge >= 0.3 is 0 Å². The minimum Gasteiger partial charge on any atom is -0.362 e. The zero-order valence-corrected chi connectivity index (χ0v) is 16.3. The highest BCUT2D eigenvalue weighted by Crippen LogP contribution is 2.33. The molecule has 2 aromatic carbocycles. The standard InChI is InChI=1S/C20H22N4O5/c1-20(2,15-6-4-3-5-7-15)19(25)22-12-10-21(11-13-22)17-9-8-16(23(26)27)14-18(17)24(28)29/h3-9,14H,10-13H2,1-2H3. The predicted molar refractivity (Wildman–Crippen MR) is 108 cm³/mol. The highest BCUT2D eigenvalue weighted by atomic mass is 16.6. The van der Waals surface area contributed by atoms with Crippen LogP contribution >= 0.6 is 0 Å². The second kappa shape index (κ2) is 7.86. The van der Waals surface area contributed by atoms with Crippen molar-refractivity contribution in [2.45, 2.75) is 19.3 Å². The number of benzene rings is 2. The molecule has 0 bridgehead atoms. The van der Waals surface area contributed by atoms with E-state index in [0.717, 1.165) is 11.6 Å². The molecule has 0 atom stereocenters. The normalized spacial score (nSPS) is 14.6. The first-order chi connectivity index (χ1) is 13.7. The van der Waals surface area contributed by atoms with Gasteiger partial charge in [-0.15, -0.1) is 0 Å². The number of piperazine rings is 1. The number of hydrogen-bond acceptors (Lipinski definition) is 6. The number of hydrogen-bond donors (Lipinski definition) is 0. The Labute approximate surface area is 167 Å². The maximum atomic E-state index is 13.1. The summed E-state index contributed by atoms with van der Waals surface area (Å²) in [6.07, 6.45) is 0. The zero-order chi connectivity index (χ0) is 21.2. The molecular weight excluding hydrogens is 376 g/mol. The molecule has 1 aliphatic rings. The number of nitro benzene ring substituents is 2. The van der Waals surface area contributed by atoms with Crippen molar-refractivity contribution in [2.24, 2.45) is 0 Å². The number of carbonyl (C=O) groups excluding carboxylic acids is 1. The van der Waals surface area contributed by atoms with E-state index in [9.17, 15) is 25.0 Å². The molecule has 0 spiro atoms. The molecule has 0 aromatic heterocycles. The van der Waals surface area contributed by atoms with Gasteiger partial charge in [0, 0.05) is 32.2 Å². The summed E-state index contributed by atoms with van der Waals surface area (Å²) in [5.41, 5.74) is -0.0427. The highest BCUT2D eigenvalue weighted by molar-refractivity contribution is 5.87. The summed E-state index contributed by atoms with van der Waals surface area (Å²) in [4.78, 5) is 37.7. The minimum absolute atomic E-state index is 0.00143. The van der Waals surface area contributed by atoms with E-state index in [1.54, 1.807) is 9.80 Å². The molecule has 0 aliphatic carbocycles. The van der Waals surface area contributed by atoms with E-state index in [4.69, 9.17) is 0 Å². The van der Waals surface area contributed by atoms with Crippen LogP contribution in [-0.4, -0.2) is 46.8 Å². The second-order valence-corrected chi connectivity index (χ2v) is 7.46. The molecule has 2 aromatic rings. The van der Waals surface area contributed by atoms with Gasteiger partial charge in [0.25, 0.3) is 11.4 Å². The molecular formula is C20H22N4O5. The summed E-state index contributed by atoms with van der Waals surface area (Å²) in [7, 11) is 0. The van der Waals surface area contributed by atoms with Gasteiger partial charge in [-0.2, -0.15) is 0 Å². The van der Waals surface area contributed by atoms with E-state index >= 15 is 0 Å². The Morgan fingerprint density at radius 2 is 1.55 bits per heavy atom. The van der Waals surface area contributed by atoms with Gasteiger partial charge in [0.1, 0.15) is 5.69 Å². The van der Waals surface area contributed by atoms with Crippen molar-refractivity contribution in [1.82, 2.24) is 4.90 Å². The van der Waals surface area contributed by atoms with Crippen molar-refractivity contribution in [2.75, 3.05) is 31.1 Å². The lowest BCUT2D eigenvalue weighted by Crippen LogP contribution is -2.53. The van der Waals surface area contributed by atoms with Crippen LogP contribution < -0.4 is 4.90 Å². The van der Waals surface area contributed by atoms with Gasteiger partial charge in [-0.3, -0.25) is 25.0 Å². The van der Waals surface area contributed by atoms with Crippen molar-refractivity contribution >= 4 is 23.0 Å². The minimum atomic E-state index is -0.678. The smallest absolute Gasteiger partial charge is 0.299 e. The van der Waals surface area contributed by atoms with E-state index in [1.165, 1.54) is 12.1 Å². The summed E-state index contributed by atoms with van der Waals surface area (Å²) in [5, 5.41) is 22.3. The number of rotatable bonds is 5. The molecule has 0 N–H and O–H groups in total. The van der Waals surface area contributed by atoms with Crippen LogP contribution in [0.4, 0.5) is 17.1 Å². The van der Waals surface area contributed by atoms with Crippen LogP contribution in [0.3, 0.4) is 0 Å². The topological polar surface area (TPSA) is 110 Å². The average molecular weight is 398 g/mol. The average Bonchev–Trinajstić information content (AvgIpc) is 2.73. The van der Waals surface area contributed by atoms with Crippen LogP contribution in [0.1, 0.15) is 19.4 Å². The quantitative estimate of drug-likeness (QED) is 0.565. The first-order valence-electron chi connectivity index (χ1n) is 9.24. The third-order valence-corrected chi connectivity index (χ3v) is 5.30. The SMILES string of the molecule is CC(C)(C(=O)N1CCN(c2ccc([N+](=O)[O-])cc2[N+](=O)[O-])CC1)c1ccccc1. The monoisotopic (exact) mass is 398 g/mol. The van der Waals surface area contributed by atoms with E-state index in [-0.39, 0.29) is 17.3 Å². The third-order valence-electron chi connectivity index (χ3n) is 5.30. The Morgan fingerprint density at radius 3 is 2.10 bits per heavy atom. The Bertz CT molecular complexity index is 937. The maximum absolute atomic E-state index is 13.1. The van der Waals surface area contributed by atoms with Crippen LogP contribution in [-0.2, 0) is 10.2 Å². The van der Waals surface area contributed by atoms with E-state index in [1.807, 2.05) is 44.2 Å². The van der Waals surface area contributed by atoms with Crippen molar-refractivity contribution in [3.63, 3.8) is 0 Å². The molecule has 1 heterocycles. The van der Waals surface area contributed by atoms with Crippen molar-refractivity contribution in [1.29, 1.82) is 0 Å². The van der Waals surface area contributed by atoms with Gasteiger partial charge in [-0.05, 0) is 25.5 Å². The third kappa shape index (κ3) is 4.03. The lowest BCUT2D eigenvalue weighted by molar-refractivity contribution is -0.393. The Hall–Kier alpha value is -3.49. The molecule has 0 radical (unpaired) electrons. The summed E-state index contributed by atoms with van der Waals surface area (Å²) in [6, 6.07) is 13.2. The zero-order valence-electron chi connectivity index (χ0n) is 16.3. The van der Waals surface area contributed by atoms with Crippen LogP contribution in [0.5, 0.6) is 0 Å². The number of anilines is 1. The Kier molecular flexibility index (Phi) is 5.49. The Morgan fingerprint density at radius 1 is 0.931 bits per heavy atom. The van der Waals surface area contributed by atoms with Crippen LogP contribution in [0.15, 0.2) is 48.5 Å². The molecule has 152 valence electrons. The lowest BCUT2D eigenvalue weighted by atomic mass is 9.83.